The highest BCUT2D eigenvalue weighted by Crippen LogP contribution is 2.24. The van der Waals surface area contributed by atoms with Gasteiger partial charge in [-0.25, -0.2) is 4.79 Å². The Bertz CT molecular complexity index is 692. The quantitative estimate of drug-likeness (QED) is 0.606. The van der Waals surface area contributed by atoms with Gasteiger partial charge in [-0.05, 0) is 45.2 Å². The average molecular weight is 407 g/mol. The number of carbonyl (C=O) groups excluding carboxylic acids is 3. The van der Waals surface area contributed by atoms with Crippen molar-refractivity contribution in [2.24, 2.45) is 0 Å². The molecular weight excluding hydrogens is 376 g/mol. The van der Waals surface area contributed by atoms with Crippen LogP contribution in [0.2, 0.25) is 0 Å². The van der Waals surface area contributed by atoms with Crippen molar-refractivity contribution in [2.45, 2.75) is 56.0 Å². The van der Waals surface area contributed by atoms with Crippen LogP contribution in [-0.2, 0) is 9.59 Å². The van der Waals surface area contributed by atoms with Crippen LogP contribution in [0.4, 0.5) is 10.5 Å². The van der Waals surface area contributed by atoms with Gasteiger partial charge in [0.1, 0.15) is 0 Å². The van der Waals surface area contributed by atoms with Crippen molar-refractivity contribution in [1.29, 1.82) is 0 Å². The molecule has 2 rings (SSSR count). The first-order chi connectivity index (χ1) is 13.4. The number of anilines is 1. The number of imide groups is 1. The lowest BCUT2D eigenvalue weighted by atomic mass is 9.96. The predicted molar refractivity (Wildman–Crippen MR) is 112 cm³/mol. The fourth-order valence-corrected chi connectivity index (χ4v) is 3.74. The van der Waals surface area contributed by atoms with E-state index in [9.17, 15) is 14.4 Å². The van der Waals surface area contributed by atoms with E-state index in [0.29, 0.717) is 0 Å². The largest absolute Gasteiger partial charge is 0.335 e. The van der Waals surface area contributed by atoms with Crippen LogP contribution < -0.4 is 16.0 Å². The molecule has 154 valence electrons. The zero-order valence-corrected chi connectivity index (χ0v) is 17.6. The number of benzene rings is 1. The number of carbonyl (C=O) groups is 3. The minimum atomic E-state index is -0.612. The molecule has 1 aromatic rings. The summed E-state index contributed by atoms with van der Waals surface area (Å²) in [5, 5.41) is 8.11. The third kappa shape index (κ3) is 6.83. The van der Waals surface area contributed by atoms with Gasteiger partial charge in [-0.15, -0.1) is 11.8 Å². The minimum Gasteiger partial charge on any atom is -0.335 e. The number of thioether (sulfide) groups is 1. The molecule has 1 fully saturated rings. The van der Waals surface area contributed by atoms with Crippen molar-refractivity contribution in [3.05, 3.63) is 24.3 Å². The highest BCUT2D eigenvalue weighted by molar-refractivity contribution is 7.98. The molecule has 1 aromatic carbocycles. The highest BCUT2D eigenvalue weighted by Gasteiger charge is 2.23. The molecule has 0 bridgehead atoms. The first kappa shape index (κ1) is 22.2. The van der Waals surface area contributed by atoms with Crippen LogP contribution in [0.1, 0.15) is 39.0 Å². The lowest BCUT2D eigenvalue weighted by molar-refractivity contribution is -0.125. The molecule has 0 aliphatic heterocycles. The lowest BCUT2D eigenvalue weighted by Crippen LogP contribution is -2.51. The van der Waals surface area contributed by atoms with Crippen molar-refractivity contribution >= 4 is 35.3 Å². The summed E-state index contributed by atoms with van der Waals surface area (Å²) in [6.45, 7) is 1.72. The number of para-hydroxylation sites is 1. The third-order valence-electron chi connectivity index (χ3n) is 4.99. The number of hydrogen-bond donors (Lipinski definition) is 3. The normalized spacial score (nSPS) is 15.7. The van der Waals surface area contributed by atoms with Gasteiger partial charge in [-0.3, -0.25) is 19.8 Å². The van der Waals surface area contributed by atoms with E-state index in [-0.39, 0.29) is 18.5 Å². The first-order valence-electron chi connectivity index (χ1n) is 9.65. The van der Waals surface area contributed by atoms with E-state index in [0.717, 1.165) is 36.3 Å². The number of nitrogens with one attached hydrogen (secondary N) is 3. The predicted octanol–water partition coefficient (Wildman–Crippen LogP) is 2.83. The van der Waals surface area contributed by atoms with Crippen LogP contribution in [0.5, 0.6) is 0 Å². The molecule has 0 radical (unpaired) electrons. The van der Waals surface area contributed by atoms with Crippen molar-refractivity contribution < 1.29 is 14.4 Å². The summed E-state index contributed by atoms with van der Waals surface area (Å²) < 4.78 is 0. The molecule has 0 spiro atoms. The van der Waals surface area contributed by atoms with E-state index in [2.05, 4.69) is 16.0 Å². The van der Waals surface area contributed by atoms with Crippen LogP contribution in [0.25, 0.3) is 0 Å². The Labute approximate surface area is 171 Å². The monoisotopic (exact) mass is 406 g/mol. The molecule has 28 heavy (non-hydrogen) atoms. The number of rotatable bonds is 7. The van der Waals surface area contributed by atoms with E-state index >= 15 is 0 Å². The molecule has 3 N–H and O–H groups in total. The second-order valence-corrected chi connectivity index (χ2v) is 7.99. The van der Waals surface area contributed by atoms with E-state index in [1.165, 1.54) is 6.42 Å². The molecule has 4 amide bonds. The van der Waals surface area contributed by atoms with Gasteiger partial charge >= 0.3 is 6.03 Å². The van der Waals surface area contributed by atoms with Crippen LogP contribution in [0, 0.1) is 0 Å². The SMILES string of the molecule is CSc1ccccc1NC(=O)CN(C)[C@@H](C)C(=O)NC(=O)NC1CCCCC1. The Morgan fingerprint density at radius 2 is 1.86 bits per heavy atom. The van der Waals surface area contributed by atoms with Gasteiger partial charge in [0.25, 0.3) is 0 Å². The first-order valence-corrected chi connectivity index (χ1v) is 10.9. The van der Waals surface area contributed by atoms with E-state index in [1.54, 1.807) is 30.6 Å². The zero-order valence-electron chi connectivity index (χ0n) is 16.8. The maximum absolute atomic E-state index is 12.3. The maximum atomic E-state index is 12.3. The van der Waals surface area contributed by atoms with Gasteiger partial charge in [-0.1, -0.05) is 31.4 Å². The Morgan fingerprint density at radius 3 is 2.54 bits per heavy atom. The van der Waals surface area contributed by atoms with E-state index < -0.39 is 18.0 Å². The Kier molecular flexibility index (Phi) is 8.79. The second-order valence-electron chi connectivity index (χ2n) is 7.14. The number of likely N-dealkylation sites (N-methyl/N-ethyl adjacent to an activating group) is 1. The van der Waals surface area contributed by atoms with Gasteiger partial charge in [-0.2, -0.15) is 0 Å². The molecule has 0 aromatic heterocycles. The smallest absolute Gasteiger partial charge is 0.321 e. The molecule has 0 saturated heterocycles. The van der Waals surface area contributed by atoms with Crippen molar-refractivity contribution in [2.75, 3.05) is 25.2 Å². The maximum Gasteiger partial charge on any atom is 0.321 e. The number of nitrogens with zero attached hydrogens (tertiary/aromatic N) is 1. The summed E-state index contributed by atoms with van der Waals surface area (Å²) in [5.74, 6) is -0.636. The molecule has 1 saturated carbocycles. The summed E-state index contributed by atoms with van der Waals surface area (Å²) in [7, 11) is 1.68. The van der Waals surface area contributed by atoms with Gasteiger partial charge in [0.15, 0.2) is 0 Å². The van der Waals surface area contributed by atoms with Crippen LogP contribution in [0.3, 0.4) is 0 Å². The number of urea groups is 1. The highest BCUT2D eigenvalue weighted by atomic mass is 32.2. The standard InChI is InChI=1S/C20H30N4O3S/c1-14(19(26)23-20(27)21-15-9-5-4-6-10-15)24(2)13-18(25)22-16-11-7-8-12-17(16)28-3/h7-8,11-12,14-15H,4-6,9-10,13H2,1-3H3,(H,22,25)(H2,21,23,26,27)/t14-/m0/s1. The molecule has 7 nitrogen and oxygen atoms in total. The second kappa shape index (κ2) is 11.1. The average Bonchev–Trinajstić information content (AvgIpc) is 2.68. The summed E-state index contributed by atoms with van der Waals surface area (Å²) in [6, 6.07) is 6.62. The van der Waals surface area contributed by atoms with Gasteiger partial charge in [0.05, 0.1) is 18.3 Å². The molecule has 8 heteroatoms. The molecule has 0 heterocycles. The van der Waals surface area contributed by atoms with Crippen molar-refractivity contribution in [3.8, 4) is 0 Å². The van der Waals surface area contributed by atoms with Gasteiger partial charge in [0, 0.05) is 10.9 Å². The summed E-state index contributed by atoms with van der Waals surface area (Å²) in [6.07, 6.45) is 7.26. The third-order valence-corrected chi connectivity index (χ3v) is 5.79. The fraction of sp³-hybridized carbons (Fsp3) is 0.550. The molecular formula is C20H30N4O3S. The van der Waals surface area contributed by atoms with Gasteiger partial charge < -0.3 is 10.6 Å². The summed E-state index contributed by atoms with van der Waals surface area (Å²) in [5.41, 5.74) is 0.748. The molecule has 0 unspecified atom stereocenters. The van der Waals surface area contributed by atoms with Crippen LogP contribution >= 0.6 is 11.8 Å². The topological polar surface area (TPSA) is 90.5 Å². The van der Waals surface area contributed by atoms with Crippen molar-refractivity contribution in [1.82, 2.24) is 15.5 Å². The van der Waals surface area contributed by atoms with Crippen LogP contribution in [-0.4, -0.2) is 54.7 Å². The summed E-state index contributed by atoms with van der Waals surface area (Å²) in [4.78, 5) is 39.3. The Morgan fingerprint density at radius 1 is 1.18 bits per heavy atom. The minimum absolute atomic E-state index is 0.0432. The molecule has 1 aliphatic rings. The Hall–Kier alpha value is -2.06. The molecule has 1 atom stereocenters. The van der Waals surface area contributed by atoms with E-state index in [1.807, 2.05) is 30.5 Å². The molecule has 1 aliphatic carbocycles. The zero-order chi connectivity index (χ0) is 20.5. The number of hydrogen-bond acceptors (Lipinski definition) is 5. The summed E-state index contributed by atoms with van der Waals surface area (Å²) >= 11 is 1.55. The Balaban J connectivity index is 1.80. The lowest BCUT2D eigenvalue weighted by Gasteiger charge is -2.25. The number of amides is 4. The van der Waals surface area contributed by atoms with E-state index in [4.69, 9.17) is 0 Å². The fourth-order valence-electron chi connectivity index (χ4n) is 3.19. The van der Waals surface area contributed by atoms with Crippen molar-refractivity contribution in [3.63, 3.8) is 0 Å². The van der Waals surface area contributed by atoms with Gasteiger partial charge in [0.2, 0.25) is 11.8 Å². The van der Waals surface area contributed by atoms with Crippen LogP contribution in [0.15, 0.2) is 29.2 Å².